The Morgan fingerprint density at radius 3 is 1.30 bits per heavy atom. The van der Waals surface area contributed by atoms with Crippen LogP contribution in [0.2, 0.25) is 0 Å². The molecule has 0 unspecified atom stereocenters. The molecule has 690 valence electrons. The van der Waals surface area contributed by atoms with E-state index < -0.39 is 292 Å². The first-order valence-electron chi connectivity index (χ1n) is 39.5. The molecule has 0 aliphatic carbocycles. The van der Waals surface area contributed by atoms with Crippen molar-refractivity contribution in [1.29, 1.82) is 5.41 Å². The topological polar surface area (TPSA) is 826 Å². The fraction of sp³-hybridized carbons (Fsp3) is 0.560. The lowest BCUT2D eigenvalue weighted by Crippen LogP contribution is -2.63. The van der Waals surface area contributed by atoms with Crippen LogP contribution >= 0.6 is 0 Å². The molecule has 2 aliphatic rings. The summed E-state index contributed by atoms with van der Waals surface area (Å²) >= 11 is 0. The highest BCUT2D eigenvalue weighted by atomic mass is 16.4. The van der Waals surface area contributed by atoms with Crippen LogP contribution < -0.4 is 97.4 Å². The lowest BCUT2D eigenvalue weighted by Gasteiger charge is -2.31. The molecular weight excluding hydrogens is 1660 g/mol. The zero-order chi connectivity index (χ0) is 93.6. The zero-order valence-electron chi connectivity index (χ0n) is 68.5. The molecule has 4 rings (SSSR count). The van der Waals surface area contributed by atoms with Crippen LogP contribution in [0.3, 0.4) is 0 Å². The van der Waals surface area contributed by atoms with Crippen molar-refractivity contribution in [3.05, 3.63) is 65.7 Å². The number of guanidine groups is 1. The summed E-state index contributed by atoms with van der Waals surface area (Å²) in [5, 5.41) is 130. The lowest BCUT2D eigenvalue weighted by molar-refractivity contribution is -0.146. The van der Waals surface area contributed by atoms with Gasteiger partial charge in [-0.15, -0.1) is 0 Å². The molecule has 50 nitrogen and oxygen atoms in total. The number of aliphatic hydroxyl groups is 5. The quantitative estimate of drug-likeness (QED) is 0.0166. The summed E-state index contributed by atoms with van der Waals surface area (Å²) in [7, 11) is 0. The third kappa shape index (κ3) is 34.1. The molecule has 32 N–H and O–H groups in total. The summed E-state index contributed by atoms with van der Waals surface area (Å²) in [6, 6.07) is -14.4. The van der Waals surface area contributed by atoms with Gasteiger partial charge in [0, 0.05) is 38.9 Å². The van der Waals surface area contributed by atoms with Gasteiger partial charge in [-0.3, -0.25) is 101 Å². The molecule has 2 fully saturated rings. The van der Waals surface area contributed by atoms with E-state index >= 15 is 0 Å². The lowest BCUT2D eigenvalue weighted by atomic mass is 9.97. The van der Waals surface area contributed by atoms with Crippen molar-refractivity contribution < 1.29 is 142 Å². The fourth-order valence-corrected chi connectivity index (χ4v) is 12.9. The fourth-order valence-electron chi connectivity index (χ4n) is 12.9. The number of rotatable bonds is 53. The molecule has 17 amide bonds. The van der Waals surface area contributed by atoms with E-state index in [1.807, 2.05) is 16.0 Å². The molecule has 2 aromatic rings. The van der Waals surface area contributed by atoms with Crippen LogP contribution in [0.15, 0.2) is 54.6 Å². The van der Waals surface area contributed by atoms with Gasteiger partial charge in [0.25, 0.3) is 0 Å². The first kappa shape index (κ1) is 104. The Balaban J connectivity index is 1.49. The summed E-state index contributed by atoms with van der Waals surface area (Å²) in [6.45, 7) is -1.98. The molecule has 2 heterocycles. The second-order valence-electron chi connectivity index (χ2n) is 29.5. The number of likely N-dealkylation sites (tertiary alicyclic amines) is 2. The third-order valence-corrected chi connectivity index (χ3v) is 19.8. The number of aromatic hydroxyl groups is 1. The molecule has 125 heavy (non-hydrogen) atoms. The number of phenols is 1. The van der Waals surface area contributed by atoms with Crippen molar-refractivity contribution in [2.24, 2.45) is 28.9 Å². The maximum absolute atomic E-state index is 14.5. The number of aliphatic hydroxyl groups excluding tert-OH is 5. The third-order valence-electron chi connectivity index (χ3n) is 19.8. The number of carbonyl (C=O) groups excluding carboxylic acids is 17. The first-order chi connectivity index (χ1) is 59.0. The monoisotopic (exact) mass is 1770 g/mol. The molecule has 50 heteroatoms. The Bertz CT molecular complexity index is 4180. The molecule has 0 radical (unpaired) electrons. The maximum Gasteiger partial charge on any atom is 0.322 e. The van der Waals surface area contributed by atoms with Crippen LogP contribution in [-0.4, -0.2) is 329 Å². The Morgan fingerprint density at radius 2 is 0.840 bits per heavy atom. The standard InChI is InChI=1S/C75H111N21O29/c1-4-35(2)58(93-60(111)40(76)13-8-22-81-75(79)80)71(122)88-46(29-56(107)108)73(124)95-23-9-14-51(95)69(120)91-48(32-98)67(118)86-45(28-55(105)106)65(116)89-49(33-99)68(119)94-59(36(3)101)72(123)87-44(27-54(78)104)64(115)84-43(26-38-16-18-39(102)19-17-38)63(114)92-50(34-100)74(125)96-24-10-15-52(96)70(121)90-47(31-97)66(117)85-42(25-37-11-6-5-7-12-37)62(113)83-41(20-21-53(77)103)61(112)82-30-57(109)110/h5-7,11-12,16-19,35-36,40-52,58-59,97-102H,4,8-10,13-15,20-34,76H2,1-3H3,(H2,77,103)(H2,78,104)(H,82,112)(H,83,113)(H,84,115)(H,85,117)(H,86,118)(H,87,123)(H,88,122)(H,89,116)(H,90,121)(H,91,120)(H,92,114)(H,93,111)(H,94,119)(H,105,106)(H,107,108)(H,109,110)(H4,79,80,81)/t35-,36+,40-,41-,42-,43-,44-,45-,46-,47-,48-,49-,50-,51-,52-,58-,59-/m0/s1. The molecule has 0 spiro atoms. The Hall–Kier alpha value is -13.3. The minimum atomic E-state index is -2.25. The Morgan fingerprint density at radius 1 is 0.440 bits per heavy atom. The van der Waals surface area contributed by atoms with Crippen LogP contribution in [0.25, 0.3) is 0 Å². The minimum Gasteiger partial charge on any atom is -0.508 e. The number of aliphatic carboxylic acids is 3. The van der Waals surface area contributed by atoms with E-state index in [0.29, 0.717) is 5.56 Å². The first-order valence-corrected chi connectivity index (χ1v) is 39.5. The summed E-state index contributed by atoms with van der Waals surface area (Å²) in [6.07, 6.45) is -6.62. The van der Waals surface area contributed by atoms with Crippen molar-refractivity contribution in [3.63, 3.8) is 0 Å². The highest BCUT2D eigenvalue weighted by Crippen LogP contribution is 2.23. The summed E-state index contributed by atoms with van der Waals surface area (Å²) in [5.74, 6) is -26.6. The SMILES string of the molecule is CC[C@H](C)[C@H](NC(=O)[C@@H](N)CCCNC(=N)N)C(=O)N[C@@H](CC(=O)O)C(=O)N1CCC[C@H]1C(=O)N[C@@H](CO)C(=O)N[C@@H](CC(=O)O)C(=O)N[C@@H](CO)C(=O)N[C@H](C(=O)N[C@@H](CC(N)=O)C(=O)N[C@@H](Cc1ccc(O)cc1)C(=O)N[C@@H](CO)C(=O)N1CCC[C@H]1C(=O)N[C@@H](CO)C(=O)N[C@@H](Cc1ccccc1)C(=O)N[C@@H](CCC(N)=O)C(=O)NCC(=O)O)[C@@H](C)O. The van der Waals surface area contributed by atoms with Gasteiger partial charge in [0.05, 0.1) is 57.8 Å². The van der Waals surface area contributed by atoms with Crippen molar-refractivity contribution in [3.8, 4) is 5.75 Å². The number of carbonyl (C=O) groups is 20. The summed E-state index contributed by atoms with van der Waals surface area (Å²) in [4.78, 5) is 270. The number of hydrogen-bond acceptors (Lipinski definition) is 28. The molecule has 2 saturated heterocycles. The molecule has 0 saturated carbocycles. The molecule has 0 bridgehead atoms. The van der Waals surface area contributed by atoms with Crippen LogP contribution in [0.4, 0.5) is 0 Å². The number of nitrogens with two attached hydrogens (primary N) is 4. The zero-order valence-corrected chi connectivity index (χ0v) is 68.5. The second-order valence-corrected chi connectivity index (χ2v) is 29.5. The molecule has 2 aromatic carbocycles. The van der Waals surface area contributed by atoms with E-state index in [-0.39, 0.29) is 88.3 Å². The van der Waals surface area contributed by atoms with Crippen molar-refractivity contribution in [2.75, 3.05) is 52.6 Å². The average molecular weight is 1770 g/mol. The van der Waals surface area contributed by atoms with Crippen molar-refractivity contribution in [2.45, 2.75) is 207 Å². The molecular formula is C75H111N21O29. The predicted octanol–water partition coefficient (Wildman–Crippen LogP) is -12.7. The Kier molecular flexibility index (Phi) is 42.9. The highest BCUT2D eigenvalue weighted by molar-refractivity contribution is 6.03. The van der Waals surface area contributed by atoms with Gasteiger partial charge in [0.2, 0.25) is 100 Å². The van der Waals surface area contributed by atoms with Crippen LogP contribution in [0, 0.1) is 11.3 Å². The van der Waals surface area contributed by atoms with Crippen LogP contribution in [0.1, 0.15) is 109 Å². The molecule has 2 aliphatic heterocycles. The Labute approximate surface area is 713 Å². The minimum absolute atomic E-state index is 0.0825. The number of hydrogen-bond donors (Lipinski definition) is 28. The van der Waals surface area contributed by atoms with Crippen molar-refractivity contribution in [1.82, 2.24) is 84.2 Å². The number of phenolic OH excluding ortho intramolecular Hbond substituents is 1. The van der Waals surface area contributed by atoms with E-state index in [4.69, 9.17) is 33.5 Å². The predicted molar refractivity (Wildman–Crippen MR) is 429 cm³/mol. The largest absolute Gasteiger partial charge is 0.508 e. The summed E-state index contributed by atoms with van der Waals surface area (Å²) < 4.78 is 0. The van der Waals surface area contributed by atoms with Gasteiger partial charge in [-0.25, -0.2) is 0 Å². The van der Waals surface area contributed by atoms with Gasteiger partial charge in [0.1, 0.15) is 96.9 Å². The molecule has 0 aromatic heterocycles. The van der Waals surface area contributed by atoms with Gasteiger partial charge in [0.15, 0.2) is 5.96 Å². The smallest absolute Gasteiger partial charge is 0.322 e. The number of carboxylic acids is 3. The number of nitrogens with one attached hydrogen (secondary N) is 15. The van der Waals surface area contributed by atoms with Crippen LogP contribution in [-0.2, 0) is 109 Å². The number of nitrogens with zero attached hydrogens (tertiary/aromatic N) is 2. The number of benzene rings is 2. The van der Waals surface area contributed by atoms with E-state index in [2.05, 4.69) is 58.5 Å². The summed E-state index contributed by atoms with van der Waals surface area (Å²) in [5.41, 5.74) is 22.7. The van der Waals surface area contributed by atoms with Gasteiger partial charge >= 0.3 is 17.9 Å². The molecule has 17 atom stereocenters. The normalized spacial score (nSPS) is 17.1. The average Bonchev–Trinajstić information content (AvgIpc) is 1.72. The number of amides is 17. The van der Waals surface area contributed by atoms with E-state index in [0.717, 1.165) is 16.7 Å². The van der Waals surface area contributed by atoms with E-state index in [1.54, 1.807) is 44.2 Å². The van der Waals surface area contributed by atoms with Gasteiger partial charge in [-0.2, -0.15) is 0 Å². The van der Waals surface area contributed by atoms with Gasteiger partial charge in [-0.05, 0) is 81.0 Å². The van der Waals surface area contributed by atoms with Gasteiger partial charge < -0.3 is 153 Å². The van der Waals surface area contributed by atoms with E-state index in [9.17, 15) is 137 Å². The van der Waals surface area contributed by atoms with E-state index in [1.165, 1.54) is 24.3 Å². The van der Waals surface area contributed by atoms with Gasteiger partial charge in [-0.1, -0.05) is 62.7 Å². The second kappa shape index (κ2) is 51.6. The number of carboxylic acid groups (broad SMARTS) is 3. The van der Waals surface area contributed by atoms with Crippen molar-refractivity contribution >= 4 is 124 Å². The maximum atomic E-state index is 14.5. The van der Waals surface area contributed by atoms with Crippen LogP contribution in [0.5, 0.6) is 5.75 Å². The highest BCUT2D eigenvalue weighted by Gasteiger charge is 2.45. The number of primary amides is 2.